The fourth-order valence-electron chi connectivity index (χ4n) is 2.51. The minimum atomic E-state index is -0.894. The number of aromatic nitrogens is 1. The van der Waals surface area contributed by atoms with Crippen molar-refractivity contribution in [1.82, 2.24) is 4.57 Å². The van der Waals surface area contributed by atoms with Crippen LogP contribution in [0, 0.1) is 16.7 Å². The molecule has 0 spiro atoms. The van der Waals surface area contributed by atoms with Gasteiger partial charge in [0.1, 0.15) is 0 Å². The smallest absolute Gasteiger partial charge is 0.336 e. The van der Waals surface area contributed by atoms with Gasteiger partial charge in [-0.1, -0.05) is 12.5 Å². The third-order valence-electron chi connectivity index (χ3n) is 3.80. The van der Waals surface area contributed by atoms with Crippen LogP contribution in [0.4, 0.5) is 0 Å². The van der Waals surface area contributed by atoms with Crippen molar-refractivity contribution in [3.8, 4) is 6.07 Å². The summed E-state index contributed by atoms with van der Waals surface area (Å²) < 4.78 is 2.08. The van der Waals surface area contributed by atoms with Crippen LogP contribution in [0.1, 0.15) is 43.5 Å². The predicted molar refractivity (Wildman–Crippen MR) is 82.1 cm³/mol. The molecule has 0 saturated carbocycles. The second-order valence-corrected chi connectivity index (χ2v) is 6.01. The molecule has 1 aromatic heterocycles. The first-order chi connectivity index (χ1) is 9.94. The maximum absolute atomic E-state index is 11.2. The van der Waals surface area contributed by atoms with Gasteiger partial charge in [-0.3, -0.25) is 0 Å². The molecule has 0 saturated heterocycles. The number of carbonyl (C=O) groups is 1. The number of nitriles is 1. The lowest BCUT2D eigenvalue weighted by atomic mass is 9.89. The molecule has 0 aliphatic heterocycles. The standard InChI is InChI=1S/C17H20N2O2/c1-17(2,12-18)9-3-4-10-19-11-8-13-14(16(20)21)6-5-7-15(13)19/h5-8,11H,3-4,9-10H2,1-2H3,(H,20,21). The molecule has 0 aliphatic carbocycles. The number of nitrogens with zero attached hydrogens (tertiary/aromatic N) is 2. The summed E-state index contributed by atoms with van der Waals surface area (Å²) >= 11 is 0. The molecular weight excluding hydrogens is 264 g/mol. The van der Waals surface area contributed by atoms with E-state index in [0.717, 1.165) is 36.7 Å². The number of aromatic carboxylic acids is 1. The molecule has 2 rings (SSSR count). The van der Waals surface area contributed by atoms with Crippen molar-refractivity contribution in [2.75, 3.05) is 0 Å². The van der Waals surface area contributed by atoms with Crippen LogP contribution in [0.3, 0.4) is 0 Å². The molecule has 0 amide bonds. The molecule has 2 aromatic rings. The lowest BCUT2D eigenvalue weighted by Crippen LogP contribution is -2.08. The van der Waals surface area contributed by atoms with Gasteiger partial charge in [-0.25, -0.2) is 4.79 Å². The molecule has 0 atom stereocenters. The molecule has 0 aliphatic rings. The maximum Gasteiger partial charge on any atom is 0.336 e. The fourth-order valence-corrected chi connectivity index (χ4v) is 2.51. The summed E-state index contributed by atoms with van der Waals surface area (Å²) in [5, 5.41) is 19.0. The number of fused-ring (bicyclic) bond motifs is 1. The van der Waals surface area contributed by atoms with E-state index in [1.165, 1.54) is 0 Å². The van der Waals surface area contributed by atoms with E-state index in [0.29, 0.717) is 5.56 Å². The van der Waals surface area contributed by atoms with Crippen molar-refractivity contribution in [2.24, 2.45) is 5.41 Å². The topological polar surface area (TPSA) is 66.0 Å². The van der Waals surface area contributed by atoms with Crippen molar-refractivity contribution in [3.05, 3.63) is 36.0 Å². The summed E-state index contributed by atoms with van der Waals surface area (Å²) in [6.07, 6.45) is 4.78. The Balaban J connectivity index is 2.06. The van der Waals surface area contributed by atoms with Crippen molar-refractivity contribution in [2.45, 2.75) is 39.7 Å². The Morgan fingerprint density at radius 3 is 2.76 bits per heavy atom. The van der Waals surface area contributed by atoms with Crippen LogP contribution < -0.4 is 0 Å². The zero-order valence-electron chi connectivity index (χ0n) is 12.5. The Labute approximate surface area is 124 Å². The summed E-state index contributed by atoms with van der Waals surface area (Å²) in [5.74, 6) is -0.894. The third kappa shape index (κ3) is 3.43. The van der Waals surface area contributed by atoms with Crippen LogP contribution in [-0.4, -0.2) is 15.6 Å². The quantitative estimate of drug-likeness (QED) is 0.813. The normalized spacial score (nSPS) is 11.5. The molecule has 4 nitrogen and oxygen atoms in total. The average Bonchev–Trinajstić information content (AvgIpc) is 2.86. The molecule has 4 heteroatoms. The summed E-state index contributed by atoms with van der Waals surface area (Å²) in [6, 6.07) is 9.53. The molecule has 21 heavy (non-hydrogen) atoms. The lowest BCUT2D eigenvalue weighted by Gasteiger charge is -2.14. The molecule has 0 radical (unpaired) electrons. The highest BCUT2D eigenvalue weighted by atomic mass is 16.4. The van der Waals surface area contributed by atoms with E-state index in [-0.39, 0.29) is 5.41 Å². The van der Waals surface area contributed by atoms with Gasteiger partial charge in [-0.2, -0.15) is 5.26 Å². The highest BCUT2D eigenvalue weighted by molar-refractivity contribution is 6.02. The van der Waals surface area contributed by atoms with Crippen LogP contribution in [0.15, 0.2) is 30.5 Å². The van der Waals surface area contributed by atoms with E-state index in [4.69, 9.17) is 5.26 Å². The Bertz CT molecular complexity index is 692. The van der Waals surface area contributed by atoms with Crippen molar-refractivity contribution < 1.29 is 9.90 Å². The molecular formula is C17H20N2O2. The van der Waals surface area contributed by atoms with E-state index in [1.807, 2.05) is 32.2 Å². The molecule has 110 valence electrons. The van der Waals surface area contributed by atoms with Crippen LogP contribution >= 0.6 is 0 Å². The SMILES string of the molecule is CC(C)(C#N)CCCCn1ccc2c(C(=O)O)cccc21. The first kappa shape index (κ1) is 15.1. The number of benzene rings is 1. The monoisotopic (exact) mass is 284 g/mol. The lowest BCUT2D eigenvalue weighted by molar-refractivity contribution is 0.0699. The Morgan fingerprint density at radius 1 is 1.33 bits per heavy atom. The third-order valence-corrected chi connectivity index (χ3v) is 3.80. The Kier molecular flexibility index (Phi) is 4.32. The molecule has 0 unspecified atom stereocenters. The number of unbranched alkanes of at least 4 members (excludes halogenated alkanes) is 1. The van der Waals surface area contributed by atoms with E-state index in [1.54, 1.807) is 12.1 Å². The first-order valence-corrected chi connectivity index (χ1v) is 7.17. The van der Waals surface area contributed by atoms with Gasteiger partial charge in [0, 0.05) is 23.6 Å². The number of carboxylic acids is 1. The Hall–Kier alpha value is -2.28. The number of aryl methyl sites for hydroxylation is 1. The number of hydrogen-bond donors (Lipinski definition) is 1. The van der Waals surface area contributed by atoms with Gasteiger partial charge in [0.05, 0.1) is 17.0 Å². The molecule has 1 heterocycles. The summed E-state index contributed by atoms with van der Waals surface area (Å²) in [7, 11) is 0. The van der Waals surface area contributed by atoms with Crippen LogP contribution in [0.5, 0.6) is 0 Å². The van der Waals surface area contributed by atoms with Gasteiger partial charge in [-0.05, 0) is 44.9 Å². The van der Waals surface area contributed by atoms with Crippen LogP contribution in [0.25, 0.3) is 10.9 Å². The maximum atomic E-state index is 11.2. The van der Waals surface area contributed by atoms with Crippen LogP contribution in [-0.2, 0) is 6.54 Å². The van der Waals surface area contributed by atoms with Gasteiger partial charge in [-0.15, -0.1) is 0 Å². The largest absolute Gasteiger partial charge is 0.478 e. The zero-order valence-corrected chi connectivity index (χ0v) is 12.5. The van der Waals surface area contributed by atoms with E-state index in [9.17, 15) is 9.90 Å². The average molecular weight is 284 g/mol. The molecule has 1 aromatic carbocycles. The molecule has 0 fully saturated rings. The molecule has 0 bridgehead atoms. The zero-order chi connectivity index (χ0) is 15.5. The van der Waals surface area contributed by atoms with Crippen molar-refractivity contribution in [1.29, 1.82) is 5.26 Å². The fraction of sp³-hybridized carbons (Fsp3) is 0.412. The van der Waals surface area contributed by atoms with E-state index >= 15 is 0 Å². The van der Waals surface area contributed by atoms with Crippen molar-refractivity contribution >= 4 is 16.9 Å². The van der Waals surface area contributed by atoms with Gasteiger partial charge < -0.3 is 9.67 Å². The number of carboxylic acid groups (broad SMARTS) is 1. The highest BCUT2D eigenvalue weighted by Gasteiger charge is 2.15. The van der Waals surface area contributed by atoms with E-state index < -0.39 is 5.97 Å². The summed E-state index contributed by atoms with van der Waals surface area (Å²) in [5.41, 5.74) is 1.03. The minimum absolute atomic E-state index is 0.269. The highest BCUT2D eigenvalue weighted by Crippen LogP contribution is 2.24. The molecule has 1 N–H and O–H groups in total. The first-order valence-electron chi connectivity index (χ1n) is 7.17. The Morgan fingerprint density at radius 2 is 2.10 bits per heavy atom. The minimum Gasteiger partial charge on any atom is -0.478 e. The van der Waals surface area contributed by atoms with Crippen LogP contribution in [0.2, 0.25) is 0 Å². The second kappa shape index (κ2) is 6.01. The van der Waals surface area contributed by atoms with E-state index in [2.05, 4.69) is 10.6 Å². The number of rotatable bonds is 6. The predicted octanol–water partition coefficient (Wildman–Crippen LogP) is 4.06. The van der Waals surface area contributed by atoms with Gasteiger partial charge >= 0.3 is 5.97 Å². The van der Waals surface area contributed by atoms with Crippen molar-refractivity contribution in [3.63, 3.8) is 0 Å². The second-order valence-electron chi connectivity index (χ2n) is 6.01. The number of hydrogen-bond acceptors (Lipinski definition) is 2. The summed E-state index contributed by atoms with van der Waals surface area (Å²) in [4.78, 5) is 11.2. The van der Waals surface area contributed by atoms with Gasteiger partial charge in [0.25, 0.3) is 0 Å². The van der Waals surface area contributed by atoms with Gasteiger partial charge in [0.2, 0.25) is 0 Å². The summed E-state index contributed by atoms with van der Waals surface area (Å²) in [6.45, 7) is 4.75. The van der Waals surface area contributed by atoms with Gasteiger partial charge in [0.15, 0.2) is 0 Å².